The SMILES string of the molecule is CCC(C)(CC)NC(=O)CN1Cc2ccc(-c3nc(NC4CCOCC4)ncc3Cl)cc2C1=O. The molecular weight excluding hydrogens is 454 g/mol. The van der Waals surface area contributed by atoms with Crippen molar-refractivity contribution in [3.05, 3.63) is 40.5 Å². The number of halogens is 1. The summed E-state index contributed by atoms with van der Waals surface area (Å²) in [6.45, 7) is 7.99. The van der Waals surface area contributed by atoms with Crippen LogP contribution < -0.4 is 10.6 Å². The van der Waals surface area contributed by atoms with E-state index in [-0.39, 0.29) is 29.9 Å². The summed E-state index contributed by atoms with van der Waals surface area (Å²) in [6.07, 6.45) is 5.03. The van der Waals surface area contributed by atoms with Crippen LogP contribution in [0.2, 0.25) is 5.02 Å². The molecule has 0 atom stereocenters. The van der Waals surface area contributed by atoms with Gasteiger partial charge in [-0.15, -0.1) is 0 Å². The van der Waals surface area contributed by atoms with E-state index in [1.165, 1.54) is 0 Å². The summed E-state index contributed by atoms with van der Waals surface area (Å²) in [5, 5.41) is 6.84. The summed E-state index contributed by atoms with van der Waals surface area (Å²) in [5.74, 6) is 0.203. The first-order valence-corrected chi connectivity index (χ1v) is 12.3. The molecule has 0 saturated carbocycles. The number of anilines is 1. The first-order chi connectivity index (χ1) is 16.3. The number of rotatable bonds is 8. The van der Waals surface area contributed by atoms with Gasteiger partial charge in [0.25, 0.3) is 5.91 Å². The maximum absolute atomic E-state index is 13.1. The Balaban J connectivity index is 1.49. The second-order valence-electron chi connectivity index (χ2n) is 9.27. The van der Waals surface area contributed by atoms with Crippen LogP contribution in [-0.2, 0) is 16.1 Å². The average molecular weight is 486 g/mol. The van der Waals surface area contributed by atoms with Crippen LogP contribution in [0.25, 0.3) is 11.3 Å². The summed E-state index contributed by atoms with van der Waals surface area (Å²) in [4.78, 5) is 36.2. The molecule has 0 bridgehead atoms. The molecule has 2 N–H and O–H groups in total. The highest BCUT2D eigenvalue weighted by Crippen LogP contribution is 2.31. The van der Waals surface area contributed by atoms with Crippen molar-refractivity contribution in [2.24, 2.45) is 0 Å². The molecule has 2 aromatic rings. The number of carbonyl (C=O) groups excluding carboxylic acids is 2. The monoisotopic (exact) mass is 485 g/mol. The number of amides is 2. The zero-order chi connectivity index (χ0) is 24.3. The highest BCUT2D eigenvalue weighted by molar-refractivity contribution is 6.33. The van der Waals surface area contributed by atoms with Gasteiger partial charge in [0.2, 0.25) is 11.9 Å². The van der Waals surface area contributed by atoms with Crippen LogP contribution in [0.5, 0.6) is 0 Å². The van der Waals surface area contributed by atoms with Gasteiger partial charge in [0.1, 0.15) is 6.54 Å². The highest BCUT2D eigenvalue weighted by Gasteiger charge is 2.31. The lowest BCUT2D eigenvalue weighted by Crippen LogP contribution is -2.48. The molecule has 2 aliphatic rings. The molecule has 0 radical (unpaired) electrons. The largest absolute Gasteiger partial charge is 0.381 e. The summed E-state index contributed by atoms with van der Waals surface area (Å²) in [6, 6.07) is 5.89. The molecule has 34 heavy (non-hydrogen) atoms. The minimum absolute atomic E-state index is 0.0336. The number of hydrogen-bond acceptors (Lipinski definition) is 6. The smallest absolute Gasteiger partial charge is 0.254 e. The maximum atomic E-state index is 13.1. The molecule has 0 spiro atoms. The number of carbonyl (C=O) groups is 2. The number of benzene rings is 1. The van der Waals surface area contributed by atoms with Crippen LogP contribution in [0.3, 0.4) is 0 Å². The third kappa shape index (κ3) is 5.33. The van der Waals surface area contributed by atoms with Gasteiger partial charge >= 0.3 is 0 Å². The van der Waals surface area contributed by atoms with Gasteiger partial charge in [-0.05, 0) is 44.2 Å². The highest BCUT2D eigenvalue weighted by atomic mass is 35.5. The first-order valence-electron chi connectivity index (χ1n) is 11.9. The van der Waals surface area contributed by atoms with Crippen molar-refractivity contribution in [3.8, 4) is 11.3 Å². The lowest BCUT2D eigenvalue weighted by molar-refractivity contribution is -0.123. The van der Waals surface area contributed by atoms with E-state index >= 15 is 0 Å². The third-order valence-electron chi connectivity index (χ3n) is 6.90. The van der Waals surface area contributed by atoms with Crippen molar-refractivity contribution in [2.75, 3.05) is 25.1 Å². The van der Waals surface area contributed by atoms with Gasteiger partial charge < -0.3 is 20.3 Å². The second kappa shape index (κ2) is 10.3. The maximum Gasteiger partial charge on any atom is 0.254 e. The van der Waals surface area contributed by atoms with E-state index in [2.05, 4.69) is 20.6 Å². The number of aromatic nitrogens is 2. The van der Waals surface area contributed by atoms with Gasteiger partial charge in [-0.1, -0.05) is 37.6 Å². The topological polar surface area (TPSA) is 96.5 Å². The minimum Gasteiger partial charge on any atom is -0.381 e. The van der Waals surface area contributed by atoms with E-state index < -0.39 is 0 Å². The number of fused-ring (bicyclic) bond motifs is 1. The van der Waals surface area contributed by atoms with Gasteiger partial charge in [-0.2, -0.15) is 0 Å². The molecule has 3 heterocycles. The number of hydrogen-bond donors (Lipinski definition) is 2. The second-order valence-corrected chi connectivity index (χ2v) is 9.68. The van der Waals surface area contributed by atoms with Crippen LogP contribution in [-0.4, -0.2) is 58.0 Å². The van der Waals surface area contributed by atoms with E-state index in [0.717, 1.165) is 50.0 Å². The summed E-state index contributed by atoms with van der Waals surface area (Å²) < 4.78 is 5.41. The van der Waals surface area contributed by atoms with Gasteiger partial charge in [-0.25, -0.2) is 9.97 Å². The molecule has 8 nitrogen and oxygen atoms in total. The molecule has 2 amide bonds. The molecule has 1 aromatic carbocycles. The van der Waals surface area contributed by atoms with Gasteiger partial charge in [0.05, 0.1) is 16.9 Å². The normalized spacial score (nSPS) is 16.5. The lowest BCUT2D eigenvalue weighted by atomic mass is 9.95. The molecule has 1 saturated heterocycles. The molecule has 1 fully saturated rings. The Morgan fingerprint density at radius 2 is 2.00 bits per heavy atom. The summed E-state index contributed by atoms with van der Waals surface area (Å²) in [7, 11) is 0. The molecule has 0 unspecified atom stereocenters. The average Bonchev–Trinajstić information content (AvgIpc) is 3.15. The molecular formula is C25H32ClN5O3. The minimum atomic E-state index is -0.264. The van der Waals surface area contributed by atoms with Crippen molar-refractivity contribution in [2.45, 2.75) is 64.6 Å². The molecule has 0 aliphatic carbocycles. The quantitative estimate of drug-likeness (QED) is 0.585. The Hall–Kier alpha value is -2.71. The lowest BCUT2D eigenvalue weighted by Gasteiger charge is -2.29. The van der Waals surface area contributed by atoms with E-state index in [0.29, 0.717) is 28.8 Å². The predicted octanol–water partition coefficient (Wildman–Crippen LogP) is 4.04. The van der Waals surface area contributed by atoms with Crippen LogP contribution in [0.1, 0.15) is 62.4 Å². The van der Waals surface area contributed by atoms with Crippen molar-refractivity contribution < 1.29 is 14.3 Å². The zero-order valence-electron chi connectivity index (χ0n) is 20.0. The number of ether oxygens (including phenoxy) is 1. The standard InChI is InChI=1S/C25H32ClN5O3/c1-4-25(3,5-2)30-21(32)15-31-14-17-7-6-16(12-19(17)23(31)33)22-20(26)13-27-24(29-22)28-18-8-10-34-11-9-18/h6-7,12-13,18H,4-5,8-11,14-15H2,1-3H3,(H,30,32)(H,27,28,29). The fourth-order valence-corrected chi connectivity index (χ4v) is 4.48. The van der Waals surface area contributed by atoms with Gasteiger partial charge in [-0.3, -0.25) is 9.59 Å². The van der Waals surface area contributed by atoms with Gasteiger partial charge in [0, 0.05) is 42.5 Å². The van der Waals surface area contributed by atoms with E-state index in [9.17, 15) is 9.59 Å². The molecule has 9 heteroatoms. The molecule has 1 aromatic heterocycles. The zero-order valence-corrected chi connectivity index (χ0v) is 20.7. The Labute approximate surface area is 205 Å². The Morgan fingerprint density at radius 3 is 2.71 bits per heavy atom. The summed E-state index contributed by atoms with van der Waals surface area (Å²) >= 11 is 6.43. The van der Waals surface area contributed by atoms with Crippen LogP contribution in [0, 0.1) is 0 Å². The first kappa shape index (κ1) is 24.4. The van der Waals surface area contributed by atoms with Crippen molar-refractivity contribution in [1.82, 2.24) is 20.2 Å². The fourth-order valence-electron chi connectivity index (χ4n) is 4.28. The van der Waals surface area contributed by atoms with Crippen molar-refractivity contribution in [3.63, 3.8) is 0 Å². The van der Waals surface area contributed by atoms with E-state index in [4.69, 9.17) is 16.3 Å². The van der Waals surface area contributed by atoms with Crippen molar-refractivity contribution >= 4 is 29.4 Å². The van der Waals surface area contributed by atoms with Crippen LogP contribution in [0.4, 0.5) is 5.95 Å². The van der Waals surface area contributed by atoms with Crippen LogP contribution in [0.15, 0.2) is 24.4 Å². The van der Waals surface area contributed by atoms with E-state index in [1.54, 1.807) is 11.1 Å². The number of nitrogens with one attached hydrogen (secondary N) is 2. The van der Waals surface area contributed by atoms with Crippen molar-refractivity contribution in [1.29, 1.82) is 0 Å². The summed E-state index contributed by atoms with van der Waals surface area (Å²) in [5.41, 5.74) is 2.51. The Morgan fingerprint density at radius 1 is 1.26 bits per heavy atom. The predicted molar refractivity (Wildman–Crippen MR) is 132 cm³/mol. The Bertz CT molecular complexity index is 1070. The fraction of sp³-hybridized carbons (Fsp3) is 0.520. The Kier molecular flexibility index (Phi) is 7.38. The molecule has 4 rings (SSSR count). The van der Waals surface area contributed by atoms with E-state index in [1.807, 2.05) is 39.0 Å². The van der Waals surface area contributed by atoms with Gasteiger partial charge in [0.15, 0.2) is 0 Å². The molecule has 2 aliphatic heterocycles. The van der Waals surface area contributed by atoms with Crippen LogP contribution >= 0.6 is 11.6 Å². The third-order valence-corrected chi connectivity index (χ3v) is 7.17. The number of nitrogens with zero attached hydrogens (tertiary/aromatic N) is 3. The molecule has 182 valence electrons.